The van der Waals surface area contributed by atoms with Crippen LogP contribution >= 0.6 is 15.9 Å². The molecule has 94 valence electrons. The first kappa shape index (κ1) is 14.1. The third-order valence-corrected chi connectivity index (χ3v) is 2.96. The molecule has 3 N–H and O–H groups in total. The number of nitrogens with two attached hydrogens (primary N) is 1. The van der Waals surface area contributed by atoms with Gasteiger partial charge in [-0.3, -0.25) is 4.79 Å². The van der Waals surface area contributed by atoms with Crippen molar-refractivity contribution in [3.05, 3.63) is 22.4 Å². The number of carbonyl (C=O) groups excluding carboxylic acids is 1. The minimum atomic E-state index is -0.446. The Morgan fingerprint density at radius 2 is 2.29 bits per heavy atom. The van der Waals surface area contributed by atoms with Crippen LogP contribution in [0.15, 0.2) is 16.7 Å². The summed E-state index contributed by atoms with van der Waals surface area (Å²) < 4.78 is 0.753. The van der Waals surface area contributed by atoms with E-state index in [1.165, 1.54) is 0 Å². The number of halogens is 1. The minimum absolute atomic E-state index is 0.148. The molecule has 17 heavy (non-hydrogen) atoms. The number of carbonyl (C=O) groups is 1. The van der Waals surface area contributed by atoms with Crippen LogP contribution in [0.25, 0.3) is 0 Å². The van der Waals surface area contributed by atoms with Crippen molar-refractivity contribution in [1.82, 2.24) is 4.98 Å². The van der Waals surface area contributed by atoms with Gasteiger partial charge in [-0.15, -0.1) is 0 Å². The molecule has 0 fully saturated rings. The molecule has 1 rings (SSSR count). The van der Waals surface area contributed by atoms with Crippen LogP contribution in [0.2, 0.25) is 0 Å². The standard InChI is InChI=1S/C12H18BrN3O/c1-3-4-5-9(14)12(17)16-10-6-7-11(13)15-8(10)2/h6-7,9H,3-5,14H2,1-2H3,(H,16,17). The third kappa shape index (κ3) is 4.44. The summed E-state index contributed by atoms with van der Waals surface area (Å²) in [7, 11) is 0. The molecule has 1 unspecified atom stereocenters. The van der Waals surface area contributed by atoms with E-state index in [4.69, 9.17) is 5.73 Å². The van der Waals surface area contributed by atoms with E-state index in [-0.39, 0.29) is 5.91 Å². The number of pyridine rings is 1. The Bertz CT molecular complexity index is 395. The van der Waals surface area contributed by atoms with Crippen molar-refractivity contribution in [3.63, 3.8) is 0 Å². The number of nitrogens with zero attached hydrogens (tertiary/aromatic N) is 1. The fourth-order valence-corrected chi connectivity index (χ4v) is 1.84. The maximum absolute atomic E-state index is 11.8. The summed E-state index contributed by atoms with van der Waals surface area (Å²) in [5, 5.41) is 2.80. The Hall–Kier alpha value is -0.940. The van der Waals surface area contributed by atoms with Crippen LogP contribution in [0.5, 0.6) is 0 Å². The lowest BCUT2D eigenvalue weighted by Crippen LogP contribution is -2.35. The normalized spacial score (nSPS) is 12.2. The third-order valence-electron chi connectivity index (χ3n) is 2.52. The highest BCUT2D eigenvalue weighted by Crippen LogP contribution is 2.16. The van der Waals surface area contributed by atoms with Gasteiger partial charge in [-0.1, -0.05) is 19.8 Å². The SMILES string of the molecule is CCCCC(N)C(=O)Nc1ccc(Br)nc1C. The molecule has 0 aliphatic rings. The molecule has 0 aliphatic heterocycles. The molecule has 5 heteroatoms. The number of unbranched alkanes of at least 4 members (excludes halogenated alkanes) is 1. The van der Waals surface area contributed by atoms with Crippen molar-refractivity contribution in [2.75, 3.05) is 5.32 Å². The second-order valence-corrected chi connectivity index (χ2v) is 4.82. The molecule has 0 aromatic carbocycles. The van der Waals surface area contributed by atoms with E-state index in [1.54, 1.807) is 6.07 Å². The topological polar surface area (TPSA) is 68.0 Å². The van der Waals surface area contributed by atoms with Crippen molar-refractivity contribution in [2.45, 2.75) is 39.2 Å². The molecule has 0 spiro atoms. The second-order valence-electron chi connectivity index (χ2n) is 4.00. The van der Waals surface area contributed by atoms with Crippen LogP contribution in [-0.4, -0.2) is 16.9 Å². The van der Waals surface area contributed by atoms with Gasteiger partial charge in [0.25, 0.3) is 0 Å². The number of aromatic nitrogens is 1. The van der Waals surface area contributed by atoms with Crippen molar-refractivity contribution >= 4 is 27.5 Å². The predicted molar refractivity (Wildman–Crippen MR) is 72.8 cm³/mol. The van der Waals surface area contributed by atoms with Crippen molar-refractivity contribution < 1.29 is 4.79 Å². The number of aryl methyl sites for hydroxylation is 1. The fraction of sp³-hybridized carbons (Fsp3) is 0.500. The molecule has 1 amide bonds. The Morgan fingerprint density at radius 3 is 2.88 bits per heavy atom. The smallest absolute Gasteiger partial charge is 0.241 e. The molecule has 4 nitrogen and oxygen atoms in total. The Balaban J connectivity index is 2.61. The molecule has 1 heterocycles. The number of amides is 1. The zero-order valence-electron chi connectivity index (χ0n) is 10.2. The van der Waals surface area contributed by atoms with E-state index in [9.17, 15) is 4.79 Å². The summed E-state index contributed by atoms with van der Waals surface area (Å²) in [5.74, 6) is -0.148. The number of hydrogen-bond donors (Lipinski definition) is 2. The van der Waals surface area contributed by atoms with Gasteiger partial charge in [0.15, 0.2) is 0 Å². The average Bonchev–Trinajstić information content (AvgIpc) is 2.29. The number of hydrogen-bond acceptors (Lipinski definition) is 3. The summed E-state index contributed by atoms with van der Waals surface area (Å²) in [4.78, 5) is 16.0. The van der Waals surface area contributed by atoms with Crippen molar-refractivity contribution in [2.24, 2.45) is 5.73 Å². The van der Waals surface area contributed by atoms with Crippen LogP contribution in [0.3, 0.4) is 0 Å². The van der Waals surface area contributed by atoms with E-state index >= 15 is 0 Å². The Labute approximate surface area is 110 Å². The summed E-state index contributed by atoms with van der Waals surface area (Å²) >= 11 is 3.28. The van der Waals surface area contributed by atoms with Gasteiger partial charge in [0.05, 0.1) is 17.4 Å². The van der Waals surface area contributed by atoms with Gasteiger partial charge in [0.1, 0.15) is 4.60 Å². The van der Waals surface area contributed by atoms with Gasteiger partial charge in [0.2, 0.25) is 5.91 Å². The largest absolute Gasteiger partial charge is 0.323 e. The molecule has 1 aromatic rings. The highest BCUT2D eigenvalue weighted by molar-refractivity contribution is 9.10. The van der Waals surface area contributed by atoms with E-state index in [2.05, 4.69) is 33.2 Å². The summed E-state index contributed by atoms with van der Waals surface area (Å²) in [6.45, 7) is 3.92. The monoisotopic (exact) mass is 299 g/mol. The van der Waals surface area contributed by atoms with Gasteiger partial charge in [-0.05, 0) is 41.4 Å². The zero-order chi connectivity index (χ0) is 12.8. The van der Waals surface area contributed by atoms with Crippen LogP contribution < -0.4 is 11.1 Å². The average molecular weight is 300 g/mol. The maximum Gasteiger partial charge on any atom is 0.241 e. The first-order valence-corrected chi connectivity index (χ1v) is 6.53. The number of rotatable bonds is 5. The van der Waals surface area contributed by atoms with E-state index in [1.807, 2.05) is 13.0 Å². The summed E-state index contributed by atoms with van der Waals surface area (Å²) in [5.41, 5.74) is 7.28. The van der Waals surface area contributed by atoms with E-state index < -0.39 is 6.04 Å². The van der Waals surface area contributed by atoms with Crippen LogP contribution in [0, 0.1) is 6.92 Å². The molecular formula is C12H18BrN3O. The highest BCUT2D eigenvalue weighted by Gasteiger charge is 2.13. The molecule has 1 aromatic heterocycles. The predicted octanol–water partition coefficient (Wildman–Crippen LogP) is 2.61. The Kier molecular flexibility index (Phi) is 5.58. The number of anilines is 1. The second kappa shape index (κ2) is 6.71. The molecular weight excluding hydrogens is 282 g/mol. The lowest BCUT2D eigenvalue weighted by Gasteiger charge is -2.13. The summed E-state index contributed by atoms with van der Waals surface area (Å²) in [6, 6.07) is 3.16. The van der Waals surface area contributed by atoms with Gasteiger partial charge in [-0.2, -0.15) is 0 Å². The quantitative estimate of drug-likeness (QED) is 0.821. The Morgan fingerprint density at radius 1 is 1.59 bits per heavy atom. The molecule has 0 saturated heterocycles. The molecule has 0 radical (unpaired) electrons. The molecule has 1 atom stereocenters. The van der Waals surface area contributed by atoms with Gasteiger partial charge in [-0.25, -0.2) is 4.98 Å². The highest BCUT2D eigenvalue weighted by atomic mass is 79.9. The molecule has 0 saturated carbocycles. The molecule has 0 aliphatic carbocycles. The van der Waals surface area contributed by atoms with E-state index in [0.717, 1.165) is 23.1 Å². The molecule has 0 bridgehead atoms. The maximum atomic E-state index is 11.8. The summed E-state index contributed by atoms with van der Waals surface area (Å²) in [6.07, 6.45) is 2.72. The van der Waals surface area contributed by atoms with Gasteiger partial charge < -0.3 is 11.1 Å². The van der Waals surface area contributed by atoms with Crippen molar-refractivity contribution in [3.8, 4) is 0 Å². The number of nitrogens with one attached hydrogen (secondary N) is 1. The first-order valence-electron chi connectivity index (χ1n) is 5.74. The first-order chi connectivity index (χ1) is 8.04. The zero-order valence-corrected chi connectivity index (χ0v) is 11.8. The fourth-order valence-electron chi connectivity index (χ4n) is 1.44. The van der Waals surface area contributed by atoms with Gasteiger partial charge in [0, 0.05) is 0 Å². The van der Waals surface area contributed by atoms with Gasteiger partial charge >= 0.3 is 0 Å². The van der Waals surface area contributed by atoms with Crippen LogP contribution in [-0.2, 0) is 4.79 Å². The van der Waals surface area contributed by atoms with Crippen LogP contribution in [0.4, 0.5) is 5.69 Å². The lowest BCUT2D eigenvalue weighted by molar-refractivity contribution is -0.117. The van der Waals surface area contributed by atoms with Crippen molar-refractivity contribution in [1.29, 1.82) is 0 Å². The van der Waals surface area contributed by atoms with E-state index in [0.29, 0.717) is 12.1 Å². The minimum Gasteiger partial charge on any atom is -0.323 e. The van der Waals surface area contributed by atoms with Crippen LogP contribution in [0.1, 0.15) is 31.9 Å². The lowest BCUT2D eigenvalue weighted by atomic mass is 10.1.